The van der Waals surface area contributed by atoms with Crippen LogP contribution < -0.4 is 11.1 Å². The summed E-state index contributed by atoms with van der Waals surface area (Å²) in [5.74, 6) is 0.775. The summed E-state index contributed by atoms with van der Waals surface area (Å²) in [6, 6.07) is 0. The van der Waals surface area contributed by atoms with Gasteiger partial charge in [0.2, 0.25) is 0 Å². The van der Waals surface area contributed by atoms with Crippen LogP contribution in [0.25, 0.3) is 0 Å². The van der Waals surface area contributed by atoms with Gasteiger partial charge in [0.05, 0.1) is 16.4 Å². The van der Waals surface area contributed by atoms with Gasteiger partial charge in [-0.15, -0.1) is 0 Å². The summed E-state index contributed by atoms with van der Waals surface area (Å²) in [5.41, 5.74) is 7.37. The normalized spacial score (nSPS) is 9.93. The number of nitrogens with one attached hydrogen (secondary N) is 1. The Morgan fingerprint density at radius 3 is 2.93 bits per heavy atom. The van der Waals surface area contributed by atoms with Crippen LogP contribution in [0.5, 0.6) is 0 Å². The highest BCUT2D eigenvalue weighted by atomic mass is 79.9. The molecule has 0 fully saturated rings. The SMILES string of the molecule is C=C(Br)CNc1ncc(N)c(C)c1Br. The first-order chi connectivity index (χ1) is 6.52. The fourth-order valence-electron chi connectivity index (χ4n) is 0.895. The minimum absolute atomic E-state index is 0.634. The van der Waals surface area contributed by atoms with Crippen LogP contribution in [-0.2, 0) is 0 Å². The van der Waals surface area contributed by atoms with Crippen LogP contribution >= 0.6 is 31.9 Å². The van der Waals surface area contributed by atoms with Gasteiger partial charge < -0.3 is 11.1 Å². The largest absolute Gasteiger partial charge is 0.397 e. The number of pyridine rings is 1. The highest BCUT2D eigenvalue weighted by Crippen LogP contribution is 2.27. The Morgan fingerprint density at radius 2 is 2.36 bits per heavy atom. The van der Waals surface area contributed by atoms with Gasteiger partial charge in [0.25, 0.3) is 0 Å². The fraction of sp³-hybridized carbons (Fsp3) is 0.222. The van der Waals surface area contributed by atoms with Crippen LogP contribution in [0, 0.1) is 6.92 Å². The van der Waals surface area contributed by atoms with E-state index in [0.29, 0.717) is 12.2 Å². The Bertz CT molecular complexity index is 363. The second-order valence-corrected chi connectivity index (χ2v) is 4.79. The number of nitrogens with two attached hydrogens (primary N) is 1. The zero-order valence-corrected chi connectivity index (χ0v) is 10.9. The Morgan fingerprint density at radius 1 is 1.71 bits per heavy atom. The maximum absolute atomic E-state index is 5.70. The molecule has 1 heterocycles. The molecule has 14 heavy (non-hydrogen) atoms. The van der Waals surface area contributed by atoms with Crippen LogP contribution in [0.1, 0.15) is 5.56 Å². The van der Waals surface area contributed by atoms with E-state index in [1.54, 1.807) is 6.20 Å². The van der Waals surface area contributed by atoms with Gasteiger partial charge in [-0.3, -0.25) is 0 Å². The van der Waals surface area contributed by atoms with Crippen molar-refractivity contribution >= 4 is 43.4 Å². The van der Waals surface area contributed by atoms with Crippen LogP contribution in [0.3, 0.4) is 0 Å². The van der Waals surface area contributed by atoms with E-state index in [1.165, 1.54) is 0 Å². The smallest absolute Gasteiger partial charge is 0.140 e. The second-order valence-electron chi connectivity index (χ2n) is 2.87. The monoisotopic (exact) mass is 319 g/mol. The van der Waals surface area contributed by atoms with E-state index in [1.807, 2.05) is 6.92 Å². The number of aromatic nitrogens is 1. The van der Waals surface area contributed by atoms with Crippen molar-refractivity contribution in [3.8, 4) is 0 Å². The molecule has 3 nitrogen and oxygen atoms in total. The molecule has 0 radical (unpaired) electrons. The molecule has 1 rings (SSSR count). The molecule has 0 saturated heterocycles. The molecule has 0 aromatic carbocycles. The van der Waals surface area contributed by atoms with E-state index in [-0.39, 0.29) is 0 Å². The molecule has 0 saturated carbocycles. The number of anilines is 2. The molecule has 0 aliphatic carbocycles. The van der Waals surface area contributed by atoms with Gasteiger partial charge in [0.15, 0.2) is 0 Å². The van der Waals surface area contributed by atoms with E-state index in [0.717, 1.165) is 20.3 Å². The molecule has 1 aromatic heterocycles. The lowest BCUT2D eigenvalue weighted by Gasteiger charge is -2.09. The lowest BCUT2D eigenvalue weighted by molar-refractivity contribution is 1.19. The zero-order chi connectivity index (χ0) is 10.7. The lowest BCUT2D eigenvalue weighted by atomic mass is 10.2. The molecule has 3 N–H and O–H groups in total. The van der Waals surface area contributed by atoms with Crippen LogP contribution in [-0.4, -0.2) is 11.5 Å². The molecule has 0 amide bonds. The topological polar surface area (TPSA) is 50.9 Å². The number of rotatable bonds is 3. The van der Waals surface area contributed by atoms with Gasteiger partial charge in [-0.05, 0) is 28.4 Å². The summed E-state index contributed by atoms with van der Waals surface area (Å²) in [6.07, 6.45) is 1.64. The van der Waals surface area contributed by atoms with Crippen molar-refractivity contribution in [2.45, 2.75) is 6.92 Å². The van der Waals surface area contributed by atoms with Crippen molar-refractivity contribution in [1.29, 1.82) is 0 Å². The third-order valence-corrected chi connectivity index (χ3v) is 3.00. The van der Waals surface area contributed by atoms with E-state index >= 15 is 0 Å². The Labute approximate surface area is 100 Å². The average molecular weight is 321 g/mol. The number of nitrogen functional groups attached to an aromatic ring is 1. The van der Waals surface area contributed by atoms with Crippen molar-refractivity contribution < 1.29 is 0 Å². The molecular formula is C9H11Br2N3. The van der Waals surface area contributed by atoms with Crippen molar-refractivity contribution in [3.05, 3.63) is 27.3 Å². The minimum atomic E-state index is 0.634. The highest BCUT2D eigenvalue weighted by Gasteiger charge is 2.06. The third-order valence-electron chi connectivity index (χ3n) is 1.75. The van der Waals surface area contributed by atoms with Crippen LogP contribution in [0.2, 0.25) is 0 Å². The molecular weight excluding hydrogens is 310 g/mol. The number of hydrogen-bond acceptors (Lipinski definition) is 3. The number of nitrogens with zero attached hydrogens (tertiary/aromatic N) is 1. The first kappa shape index (κ1) is 11.5. The fourth-order valence-corrected chi connectivity index (χ4v) is 1.51. The van der Waals surface area contributed by atoms with Gasteiger partial charge in [-0.1, -0.05) is 22.5 Å². The predicted octanol–water partition coefficient (Wildman–Crippen LogP) is 3.06. The summed E-state index contributed by atoms with van der Waals surface area (Å²) < 4.78 is 1.77. The van der Waals surface area contributed by atoms with Crippen molar-refractivity contribution in [2.75, 3.05) is 17.6 Å². The quantitative estimate of drug-likeness (QED) is 0.900. The van der Waals surface area contributed by atoms with Crippen molar-refractivity contribution in [1.82, 2.24) is 4.98 Å². The summed E-state index contributed by atoms with van der Waals surface area (Å²) >= 11 is 6.70. The molecule has 0 spiro atoms. The highest BCUT2D eigenvalue weighted by molar-refractivity contribution is 9.11. The maximum atomic E-state index is 5.70. The van der Waals surface area contributed by atoms with Gasteiger partial charge in [-0.25, -0.2) is 4.98 Å². The van der Waals surface area contributed by atoms with Crippen molar-refractivity contribution in [3.63, 3.8) is 0 Å². The zero-order valence-electron chi connectivity index (χ0n) is 7.77. The van der Waals surface area contributed by atoms with Gasteiger partial charge in [-0.2, -0.15) is 0 Å². The number of halogens is 2. The Hall–Kier alpha value is -0.550. The molecule has 0 unspecified atom stereocenters. The first-order valence-electron chi connectivity index (χ1n) is 4.00. The lowest BCUT2D eigenvalue weighted by Crippen LogP contribution is -2.05. The van der Waals surface area contributed by atoms with E-state index in [9.17, 15) is 0 Å². The molecule has 5 heteroatoms. The maximum Gasteiger partial charge on any atom is 0.140 e. The van der Waals surface area contributed by atoms with Crippen LogP contribution in [0.15, 0.2) is 21.7 Å². The third kappa shape index (κ3) is 2.72. The second kappa shape index (κ2) is 4.79. The van der Waals surface area contributed by atoms with Gasteiger partial charge >= 0.3 is 0 Å². The van der Waals surface area contributed by atoms with Crippen molar-refractivity contribution in [2.24, 2.45) is 0 Å². The molecule has 76 valence electrons. The molecule has 0 aliphatic rings. The number of hydrogen-bond donors (Lipinski definition) is 2. The minimum Gasteiger partial charge on any atom is -0.397 e. The summed E-state index contributed by atoms with van der Waals surface area (Å²) in [6.45, 7) is 6.30. The predicted molar refractivity (Wildman–Crippen MR) is 67.6 cm³/mol. The molecule has 0 aliphatic heterocycles. The van der Waals surface area contributed by atoms with E-state index in [2.05, 4.69) is 48.7 Å². The van der Waals surface area contributed by atoms with Gasteiger partial charge in [0.1, 0.15) is 5.82 Å². The van der Waals surface area contributed by atoms with Crippen LogP contribution in [0.4, 0.5) is 11.5 Å². The molecule has 1 aromatic rings. The summed E-state index contributed by atoms with van der Waals surface area (Å²) in [4.78, 5) is 4.17. The van der Waals surface area contributed by atoms with E-state index in [4.69, 9.17) is 5.73 Å². The summed E-state index contributed by atoms with van der Waals surface area (Å²) in [5, 5.41) is 3.12. The standard InChI is InChI=1S/C9H11Br2N3/c1-5(10)3-13-9-8(11)6(2)7(12)4-14-9/h4H,1,3,12H2,2H3,(H,13,14). The average Bonchev–Trinajstić information content (AvgIpc) is 2.13. The Kier molecular flexibility index (Phi) is 3.95. The van der Waals surface area contributed by atoms with Gasteiger partial charge in [0, 0.05) is 11.0 Å². The first-order valence-corrected chi connectivity index (χ1v) is 5.58. The van der Waals surface area contributed by atoms with E-state index < -0.39 is 0 Å². The Balaban J connectivity index is 2.88. The molecule has 0 atom stereocenters. The molecule has 0 bridgehead atoms. The summed E-state index contributed by atoms with van der Waals surface area (Å²) in [7, 11) is 0.